The average Bonchev–Trinajstić information content (AvgIpc) is 2.76. The van der Waals surface area contributed by atoms with Crippen LogP contribution in [0.25, 0.3) is 33.4 Å². The highest BCUT2D eigenvalue weighted by Crippen LogP contribution is 2.50. The van der Waals surface area contributed by atoms with Crippen LogP contribution in [0.3, 0.4) is 0 Å². The zero-order chi connectivity index (χ0) is 24.5. The van der Waals surface area contributed by atoms with Gasteiger partial charge in [0.1, 0.15) is 9.32 Å². The Bertz CT molecular complexity index is 1570. The van der Waals surface area contributed by atoms with Gasteiger partial charge in [0.15, 0.2) is 11.3 Å². The van der Waals surface area contributed by atoms with Crippen molar-refractivity contribution in [3.63, 3.8) is 0 Å². The molecule has 0 fully saturated rings. The third kappa shape index (κ3) is 4.14. The van der Waals surface area contributed by atoms with Crippen LogP contribution in [-0.4, -0.2) is 16.2 Å². The third-order valence-electron chi connectivity index (χ3n) is 5.05. The van der Waals surface area contributed by atoms with Gasteiger partial charge in [0.05, 0.1) is 31.3 Å². The maximum atomic E-state index is 12.7. The highest BCUT2D eigenvalue weighted by molar-refractivity contribution is 14.1. The minimum absolute atomic E-state index is 0.0166. The molecular weight excluding hydrogens is 946 g/mol. The smallest absolute Gasteiger partial charge is 0.337 e. The van der Waals surface area contributed by atoms with Gasteiger partial charge >= 0.3 is 5.97 Å². The molecule has 0 bridgehead atoms. The molecule has 5 nitrogen and oxygen atoms in total. The second-order valence-corrected chi connectivity index (χ2v) is 12.5. The van der Waals surface area contributed by atoms with Gasteiger partial charge in [0.2, 0.25) is 5.43 Å². The topological polar surface area (TPSA) is 87.7 Å². The lowest BCUT2D eigenvalue weighted by Gasteiger charge is -2.22. The molecule has 1 aliphatic carbocycles. The summed E-state index contributed by atoms with van der Waals surface area (Å²) in [4.78, 5) is 25.1. The molecule has 2 N–H and O–H groups in total. The monoisotopic (exact) mass is 952 g/mol. The minimum Gasteiger partial charge on any atom is -0.506 e. The Morgan fingerprint density at radius 2 is 1.58 bits per heavy atom. The number of phenols is 1. The highest BCUT2D eigenvalue weighted by atomic mass is 127. The predicted octanol–water partition coefficient (Wildman–Crippen LogP) is 8.66. The molecule has 2 aromatic carbocycles. The number of rotatable bonds is 2. The van der Waals surface area contributed by atoms with Crippen molar-refractivity contribution in [1.82, 2.24) is 0 Å². The van der Waals surface area contributed by atoms with E-state index in [4.69, 9.17) is 39.2 Å². The number of hydrogen-bond donors (Lipinski definition) is 2. The minimum atomic E-state index is -1.29. The highest BCUT2D eigenvalue weighted by Gasteiger charge is 2.31. The molecule has 0 saturated heterocycles. The van der Waals surface area contributed by atoms with Crippen LogP contribution in [0.4, 0.5) is 0 Å². The van der Waals surface area contributed by atoms with Gasteiger partial charge < -0.3 is 14.6 Å². The van der Waals surface area contributed by atoms with E-state index in [-0.39, 0.29) is 43.1 Å². The lowest BCUT2D eigenvalue weighted by molar-refractivity contribution is 0.0698. The van der Waals surface area contributed by atoms with Crippen LogP contribution in [0.1, 0.15) is 15.9 Å². The predicted molar refractivity (Wildman–Crippen MR) is 164 cm³/mol. The van der Waals surface area contributed by atoms with E-state index in [1.807, 2.05) is 90.4 Å². The summed E-state index contributed by atoms with van der Waals surface area (Å²) in [6.07, 6.45) is 0. The number of hydrogen-bond acceptors (Lipinski definition) is 4. The fraction of sp³-hybridized carbons (Fsp3) is 0.0476. The molecule has 0 amide bonds. The normalized spacial score (nSPS) is 11.5. The van der Waals surface area contributed by atoms with E-state index in [0.29, 0.717) is 41.9 Å². The van der Waals surface area contributed by atoms with Gasteiger partial charge in [0.25, 0.3) is 0 Å². The molecule has 0 saturated carbocycles. The number of benzene rings is 3. The Balaban J connectivity index is 2.43. The number of aromatic carboxylic acids is 1. The first kappa shape index (κ1) is 26.3. The van der Waals surface area contributed by atoms with E-state index in [9.17, 15) is 19.8 Å². The van der Waals surface area contributed by atoms with Crippen molar-refractivity contribution in [3.8, 4) is 28.2 Å². The maximum Gasteiger partial charge on any atom is 0.337 e. The zero-order valence-electron chi connectivity index (χ0n) is 15.9. The van der Waals surface area contributed by atoms with Gasteiger partial charge in [-0.3, -0.25) is 4.79 Å². The summed E-state index contributed by atoms with van der Waals surface area (Å²) in [5.74, 6) is -1.00. The van der Waals surface area contributed by atoms with Gasteiger partial charge in [-0.05, 0) is 115 Å². The first-order valence-electron chi connectivity index (χ1n) is 8.74. The van der Waals surface area contributed by atoms with E-state index in [2.05, 4.69) is 0 Å². The molecule has 2 aromatic rings. The number of halogens is 7. The molecule has 33 heavy (non-hydrogen) atoms. The van der Waals surface area contributed by atoms with Crippen molar-refractivity contribution >= 4 is 142 Å². The van der Waals surface area contributed by atoms with Crippen molar-refractivity contribution in [2.75, 3.05) is 0 Å². The Morgan fingerprint density at radius 3 is 2.18 bits per heavy atom. The zero-order valence-corrected chi connectivity index (χ0v) is 26.8. The largest absolute Gasteiger partial charge is 0.506 e. The van der Waals surface area contributed by atoms with Crippen molar-refractivity contribution in [2.24, 2.45) is 0 Å². The Kier molecular flexibility index (Phi) is 7.62. The second kappa shape index (κ2) is 9.57. The molecule has 0 spiro atoms. The summed E-state index contributed by atoms with van der Waals surface area (Å²) in [5.41, 5.74) is 1.51. The summed E-state index contributed by atoms with van der Waals surface area (Å²) in [7, 11) is 0. The van der Waals surface area contributed by atoms with Crippen molar-refractivity contribution in [1.29, 1.82) is 0 Å². The standard InChI is InChI=1S/C21H7Cl3I4O5/c1-4-9(11(21(31)32)13(23)14(24)12(4)22)10-5-2-7(25)17(29)15(27)19(5)33-20-6(10)3-8(26)18(30)16(20)28/h2-3,29H,1H3,(H,31,32). The first-order chi connectivity index (χ1) is 15.4. The fourth-order valence-electron chi connectivity index (χ4n) is 3.55. The summed E-state index contributed by atoms with van der Waals surface area (Å²) in [5, 5.41) is 21.0. The van der Waals surface area contributed by atoms with Crippen LogP contribution in [0.5, 0.6) is 5.75 Å². The Hall–Kier alpha value is 0.190. The summed E-state index contributed by atoms with van der Waals surface area (Å²) < 4.78 is 7.86. The number of carboxylic acids is 1. The number of phenolic OH excluding ortho intramolecular Hbond substituents is 1. The second-order valence-electron chi connectivity index (χ2n) is 6.88. The molecule has 2 aliphatic rings. The first-order valence-corrected chi connectivity index (χ1v) is 14.2. The van der Waals surface area contributed by atoms with Crippen LogP contribution < -0.4 is 5.43 Å². The average molecular weight is 953 g/mol. The lowest BCUT2D eigenvalue weighted by atomic mass is 9.88. The number of carboxylic acid groups (broad SMARTS) is 1. The summed E-state index contributed by atoms with van der Waals surface area (Å²) >= 11 is 26.9. The SMILES string of the molecule is Cc1c(Cl)c(Cl)c(Cl)c(C(=O)O)c1-c1c2cc(I)c(=O)c(I)c-2oc2c(I)c(O)c(I)cc12. The lowest BCUT2D eigenvalue weighted by Crippen LogP contribution is -2.13. The van der Waals surface area contributed by atoms with Gasteiger partial charge in [-0.15, -0.1) is 0 Å². The van der Waals surface area contributed by atoms with Gasteiger partial charge in [0, 0.05) is 22.1 Å². The molecule has 4 rings (SSSR count). The molecule has 12 heteroatoms. The Labute approximate surface area is 256 Å². The number of aromatic hydroxyl groups is 1. The van der Waals surface area contributed by atoms with Crippen molar-refractivity contribution in [3.05, 3.63) is 62.8 Å². The van der Waals surface area contributed by atoms with Crippen LogP contribution in [0, 0.1) is 21.2 Å². The molecule has 0 radical (unpaired) electrons. The molecule has 0 unspecified atom stereocenters. The fourth-order valence-corrected chi connectivity index (χ4v) is 7.87. The number of fused-ring (bicyclic) bond motifs is 2. The van der Waals surface area contributed by atoms with Crippen LogP contribution in [-0.2, 0) is 0 Å². The molecular formula is C21H7Cl3I4O5. The quantitative estimate of drug-likeness (QED) is 0.119. The van der Waals surface area contributed by atoms with Crippen LogP contribution in [0.2, 0.25) is 15.1 Å². The van der Waals surface area contributed by atoms with Gasteiger partial charge in [-0.25, -0.2) is 4.79 Å². The summed E-state index contributed by atoms with van der Waals surface area (Å²) in [6.45, 7) is 1.66. The van der Waals surface area contributed by atoms with E-state index in [0.717, 1.165) is 0 Å². The molecule has 0 atom stereocenters. The molecule has 1 heterocycles. The van der Waals surface area contributed by atoms with Crippen LogP contribution in [0.15, 0.2) is 21.3 Å². The van der Waals surface area contributed by atoms with E-state index in [1.54, 1.807) is 19.1 Å². The third-order valence-corrected chi connectivity index (χ3v) is 10.1. The summed E-state index contributed by atoms with van der Waals surface area (Å²) in [6, 6.07) is 3.34. The van der Waals surface area contributed by atoms with E-state index >= 15 is 0 Å². The maximum absolute atomic E-state index is 12.7. The van der Waals surface area contributed by atoms with Crippen LogP contribution >= 0.6 is 125 Å². The van der Waals surface area contributed by atoms with Gasteiger partial charge in [-0.2, -0.15) is 0 Å². The molecule has 0 aromatic heterocycles. The van der Waals surface area contributed by atoms with Crippen molar-refractivity contribution < 1.29 is 19.4 Å². The Morgan fingerprint density at radius 1 is 0.939 bits per heavy atom. The van der Waals surface area contributed by atoms with E-state index < -0.39 is 5.97 Å². The molecule has 1 aliphatic heterocycles. The molecule has 170 valence electrons. The van der Waals surface area contributed by atoms with E-state index in [1.165, 1.54) is 0 Å². The van der Waals surface area contributed by atoms with Gasteiger partial charge in [-0.1, -0.05) is 34.8 Å². The number of carbonyl (C=O) groups is 1. The van der Waals surface area contributed by atoms with Crippen molar-refractivity contribution in [2.45, 2.75) is 6.92 Å².